The second-order valence-electron chi connectivity index (χ2n) is 1.50. The van der Waals surface area contributed by atoms with Crippen LogP contribution in [0.2, 0.25) is 0 Å². The van der Waals surface area contributed by atoms with Gasteiger partial charge >= 0.3 is 0 Å². The van der Waals surface area contributed by atoms with Crippen LogP contribution in [-0.2, 0) is 6.42 Å². The molecule has 10 heavy (non-hydrogen) atoms. The highest BCUT2D eigenvalue weighted by Crippen LogP contribution is 1.87. The summed E-state index contributed by atoms with van der Waals surface area (Å²) in [6, 6.07) is 0. The molecule has 0 aromatic carbocycles. The van der Waals surface area contributed by atoms with Crippen LogP contribution in [-0.4, -0.2) is 21.1 Å². The van der Waals surface area contributed by atoms with Gasteiger partial charge in [-0.2, -0.15) is 5.10 Å². The summed E-state index contributed by atoms with van der Waals surface area (Å²) in [5.74, 6) is 1.25. The molecule has 1 aromatic rings. The second-order valence-corrected chi connectivity index (χ2v) is 1.88. The van der Waals surface area contributed by atoms with E-state index in [-0.39, 0.29) is 17.0 Å². The van der Waals surface area contributed by atoms with Crippen molar-refractivity contribution in [2.75, 3.05) is 5.88 Å². The monoisotopic (exact) mass is 223 g/mol. The third kappa shape index (κ3) is 3.08. The second kappa shape index (κ2) is 5.56. The van der Waals surface area contributed by atoms with Crippen LogP contribution in [0.1, 0.15) is 5.82 Å². The summed E-state index contributed by atoms with van der Waals surface area (Å²) in [6.07, 6.45) is 3.84. The van der Waals surface area contributed by atoms with Crippen LogP contribution in [0.4, 0.5) is 0 Å². The lowest BCUT2D eigenvalue weighted by atomic mass is 10.5. The zero-order valence-electron chi connectivity index (χ0n) is 5.20. The average molecular weight is 224 g/mol. The van der Waals surface area contributed by atoms with Gasteiger partial charge < -0.3 is 0 Å². The molecular formula is C5H7BrClN3. The van der Waals surface area contributed by atoms with Crippen LogP contribution < -0.4 is 0 Å². The van der Waals surface area contributed by atoms with E-state index in [2.05, 4.69) is 15.2 Å². The summed E-state index contributed by atoms with van der Waals surface area (Å²) in [6.45, 7) is 0. The molecule has 0 spiro atoms. The molecule has 0 bridgehead atoms. The van der Waals surface area contributed by atoms with Crippen LogP contribution >= 0.6 is 28.6 Å². The van der Waals surface area contributed by atoms with E-state index in [1.807, 2.05) is 0 Å². The largest absolute Gasteiger partial charge is 0.238 e. The first-order valence-corrected chi connectivity index (χ1v) is 3.15. The zero-order valence-corrected chi connectivity index (χ0v) is 7.67. The minimum absolute atomic E-state index is 0. The van der Waals surface area contributed by atoms with Gasteiger partial charge in [-0.3, -0.25) is 0 Å². The third-order valence-corrected chi connectivity index (χ3v) is 1.04. The van der Waals surface area contributed by atoms with Crippen molar-refractivity contribution in [2.24, 2.45) is 0 Å². The van der Waals surface area contributed by atoms with Gasteiger partial charge in [-0.1, -0.05) is 0 Å². The van der Waals surface area contributed by atoms with E-state index in [0.29, 0.717) is 18.1 Å². The quantitative estimate of drug-likeness (QED) is 0.709. The van der Waals surface area contributed by atoms with Gasteiger partial charge in [-0.05, 0) is 0 Å². The number of rotatable bonds is 2. The Labute approximate surface area is 74.6 Å². The smallest absolute Gasteiger partial charge is 0.152 e. The first-order valence-electron chi connectivity index (χ1n) is 2.62. The summed E-state index contributed by atoms with van der Waals surface area (Å²) in [5, 5.41) is 7.36. The highest BCUT2D eigenvalue weighted by Gasteiger charge is 1.90. The normalized spacial score (nSPS) is 8.50. The maximum atomic E-state index is 5.43. The molecule has 0 aliphatic rings. The summed E-state index contributed by atoms with van der Waals surface area (Å²) >= 11 is 5.43. The van der Waals surface area contributed by atoms with Crippen LogP contribution in [0.15, 0.2) is 12.4 Å². The number of hydrogen-bond acceptors (Lipinski definition) is 3. The van der Waals surface area contributed by atoms with Gasteiger partial charge in [0, 0.05) is 18.5 Å². The fourth-order valence-electron chi connectivity index (χ4n) is 0.474. The number of halogens is 2. The maximum Gasteiger partial charge on any atom is 0.152 e. The van der Waals surface area contributed by atoms with E-state index in [9.17, 15) is 0 Å². The molecule has 0 amide bonds. The minimum Gasteiger partial charge on any atom is -0.238 e. The third-order valence-electron chi connectivity index (χ3n) is 0.848. The molecule has 0 aliphatic carbocycles. The van der Waals surface area contributed by atoms with Gasteiger partial charge in [0.05, 0.1) is 6.20 Å². The fraction of sp³-hybridized carbons (Fsp3) is 0.400. The molecule has 0 atom stereocenters. The number of alkyl halides is 1. The van der Waals surface area contributed by atoms with Crippen LogP contribution in [0.3, 0.4) is 0 Å². The molecule has 3 nitrogen and oxygen atoms in total. The molecule has 0 saturated heterocycles. The SMILES string of the molecule is Br.ClCCc1nccnn1. The predicted octanol–water partition coefficient (Wildman–Crippen LogP) is 1.23. The van der Waals surface area contributed by atoms with Gasteiger partial charge in [-0.25, -0.2) is 4.98 Å². The van der Waals surface area contributed by atoms with Crippen molar-refractivity contribution < 1.29 is 0 Å². The molecule has 0 aliphatic heterocycles. The summed E-state index contributed by atoms with van der Waals surface area (Å²) < 4.78 is 0. The molecule has 0 radical (unpaired) electrons. The Kier molecular flexibility index (Phi) is 5.43. The molecule has 1 rings (SSSR count). The first kappa shape index (κ1) is 9.78. The van der Waals surface area contributed by atoms with Crippen molar-refractivity contribution in [3.8, 4) is 0 Å². The lowest BCUT2D eigenvalue weighted by Gasteiger charge is -1.89. The van der Waals surface area contributed by atoms with Gasteiger partial charge in [-0.15, -0.1) is 33.7 Å². The number of nitrogens with zero attached hydrogens (tertiary/aromatic N) is 3. The van der Waals surface area contributed by atoms with Gasteiger partial charge in [0.2, 0.25) is 0 Å². The Morgan fingerprint density at radius 2 is 2.20 bits per heavy atom. The Morgan fingerprint density at radius 1 is 1.40 bits per heavy atom. The lowest BCUT2D eigenvalue weighted by molar-refractivity contribution is 0.850. The van der Waals surface area contributed by atoms with Gasteiger partial charge in [0.1, 0.15) is 0 Å². The Bertz CT molecular complexity index is 170. The summed E-state index contributed by atoms with van der Waals surface area (Å²) in [4.78, 5) is 3.91. The standard InChI is InChI=1S/C5H6ClN3.BrH/c6-2-1-5-7-3-4-8-9-5;/h3-4H,1-2H2;1H. The average Bonchev–Trinajstić information content (AvgIpc) is 1.91. The molecule has 0 saturated carbocycles. The molecule has 1 heterocycles. The van der Waals surface area contributed by atoms with E-state index < -0.39 is 0 Å². The van der Waals surface area contributed by atoms with E-state index in [1.165, 1.54) is 6.20 Å². The van der Waals surface area contributed by atoms with Gasteiger partial charge in [0.25, 0.3) is 0 Å². The summed E-state index contributed by atoms with van der Waals surface area (Å²) in [7, 11) is 0. The number of hydrogen-bond donors (Lipinski definition) is 0. The molecule has 5 heteroatoms. The van der Waals surface area contributed by atoms with Crippen LogP contribution in [0, 0.1) is 0 Å². The fourth-order valence-corrected chi connectivity index (χ4v) is 0.643. The first-order chi connectivity index (χ1) is 4.43. The topological polar surface area (TPSA) is 38.7 Å². The Balaban J connectivity index is 0.000000810. The van der Waals surface area contributed by atoms with Crippen molar-refractivity contribution in [3.05, 3.63) is 18.2 Å². The van der Waals surface area contributed by atoms with Crippen molar-refractivity contribution in [2.45, 2.75) is 6.42 Å². The van der Waals surface area contributed by atoms with Crippen molar-refractivity contribution in [3.63, 3.8) is 0 Å². The van der Waals surface area contributed by atoms with Gasteiger partial charge in [0.15, 0.2) is 5.82 Å². The molecule has 0 unspecified atom stereocenters. The molecule has 0 fully saturated rings. The highest BCUT2D eigenvalue weighted by atomic mass is 79.9. The number of aryl methyl sites for hydroxylation is 1. The molecule has 56 valence electrons. The minimum atomic E-state index is 0. The maximum absolute atomic E-state index is 5.43. The Morgan fingerprint density at radius 3 is 2.70 bits per heavy atom. The molecule has 1 aromatic heterocycles. The predicted molar refractivity (Wildman–Crippen MR) is 44.6 cm³/mol. The zero-order chi connectivity index (χ0) is 6.53. The lowest BCUT2D eigenvalue weighted by Crippen LogP contribution is -1.95. The highest BCUT2D eigenvalue weighted by molar-refractivity contribution is 8.93. The van der Waals surface area contributed by atoms with Crippen molar-refractivity contribution >= 4 is 28.6 Å². The van der Waals surface area contributed by atoms with Crippen molar-refractivity contribution in [1.29, 1.82) is 0 Å². The van der Waals surface area contributed by atoms with Crippen LogP contribution in [0.5, 0.6) is 0 Å². The Hall–Kier alpha value is -0.220. The van der Waals surface area contributed by atoms with Crippen LogP contribution in [0.25, 0.3) is 0 Å². The van der Waals surface area contributed by atoms with E-state index >= 15 is 0 Å². The van der Waals surface area contributed by atoms with E-state index in [4.69, 9.17) is 11.6 Å². The van der Waals surface area contributed by atoms with E-state index in [0.717, 1.165) is 0 Å². The van der Waals surface area contributed by atoms with E-state index in [1.54, 1.807) is 6.20 Å². The van der Waals surface area contributed by atoms with Crippen molar-refractivity contribution in [1.82, 2.24) is 15.2 Å². The summed E-state index contributed by atoms with van der Waals surface area (Å²) in [5.41, 5.74) is 0. The number of aromatic nitrogens is 3. The molecular weight excluding hydrogens is 217 g/mol. The molecule has 0 N–H and O–H groups in total.